The van der Waals surface area contributed by atoms with Crippen LogP contribution in [0.2, 0.25) is 0 Å². The molecule has 28 heavy (non-hydrogen) atoms. The minimum absolute atomic E-state index is 0.0840. The van der Waals surface area contributed by atoms with E-state index in [0.29, 0.717) is 19.0 Å². The van der Waals surface area contributed by atoms with Crippen LogP contribution in [0.1, 0.15) is 25.1 Å². The maximum absolute atomic E-state index is 12.9. The molecule has 5 heteroatoms. The maximum atomic E-state index is 12.9. The summed E-state index contributed by atoms with van der Waals surface area (Å²) in [5.41, 5.74) is 3.15. The summed E-state index contributed by atoms with van der Waals surface area (Å²) in [6.07, 6.45) is 2.07. The second kappa shape index (κ2) is 9.60. The number of nitrogens with zero attached hydrogens (tertiary/aromatic N) is 2. The molecule has 2 amide bonds. The van der Waals surface area contributed by atoms with Gasteiger partial charge in [-0.1, -0.05) is 66.2 Å². The Morgan fingerprint density at radius 3 is 2.57 bits per heavy atom. The van der Waals surface area contributed by atoms with Crippen molar-refractivity contribution in [2.45, 2.75) is 26.9 Å². The number of carbonyl (C=O) groups excluding carboxylic acids is 1. The first-order chi connectivity index (χ1) is 13.5. The molecule has 146 valence electrons. The summed E-state index contributed by atoms with van der Waals surface area (Å²) in [5.74, 6) is 0.380. The topological polar surface area (TPSA) is 37.3 Å². The summed E-state index contributed by atoms with van der Waals surface area (Å²) in [7, 11) is 0. The van der Waals surface area contributed by atoms with E-state index in [4.69, 9.17) is 0 Å². The monoisotopic (exact) mass is 439 g/mol. The van der Waals surface area contributed by atoms with Gasteiger partial charge in [0.15, 0.2) is 0 Å². The van der Waals surface area contributed by atoms with E-state index in [1.54, 1.807) is 0 Å². The number of benzene rings is 2. The lowest BCUT2D eigenvalue weighted by atomic mass is 10.2. The smallest absolute Gasteiger partial charge is 0.322 e. The van der Waals surface area contributed by atoms with Crippen molar-refractivity contribution in [3.8, 4) is 0 Å². The van der Waals surface area contributed by atoms with Gasteiger partial charge in [-0.3, -0.25) is 0 Å². The molecular formula is C23H26BrN3O. The second-order valence-corrected chi connectivity index (χ2v) is 8.24. The zero-order chi connectivity index (χ0) is 19.9. The number of rotatable bonds is 7. The third-order valence-electron chi connectivity index (χ3n) is 4.42. The molecule has 2 aromatic carbocycles. The number of aromatic nitrogens is 1. The van der Waals surface area contributed by atoms with Gasteiger partial charge < -0.3 is 14.8 Å². The van der Waals surface area contributed by atoms with Crippen LogP contribution in [0, 0.1) is 5.92 Å². The average Bonchev–Trinajstić information content (AvgIpc) is 3.08. The molecule has 0 unspecified atom stereocenters. The van der Waals surface area contributed by atoms with Crippen molar-refractivity contribution in [2.24, 2.45) is 5.92 Å². The molecule has 0 aliphatic rings. The average molecular weight is 440 g/mol. The number of urea groups is 1. The van der Waals surface area contributed by atoms with Crippen molar-refractivity contribution in [2.75, 3.05) is 11.9 Å². The van der Waals surface area contributed by atoms with Gasteiger partial charge in [0, 0.05) is 35.1 Å². The predicted octanol–water partition coefficient (Wildman–Crippen LogP) is 5.99. The summed E-state index contributed by atoms with van der Waals surface area (Å²) in [6, 6.07) is 22.1. The lowest BCUT2D eigenvalue weighted by Gasteiger charge is -2.26. The normalized spacial score (nSPS) is 10.9. The van der Waals surface area contributed by atoms with Crippen molar-refractivity contribution in [1.82, 2.24) is 9.47 Å². The molecule has 0 radical (unpaired) electrons. The van der Waals surface area contributed by atoms with E-state index in [1.165, 1.54) is 5.56 Å². The maximum Gasteiger partial charge on any atom is 0.322 e. The van der Waals surface area contributed by atoms with Crippen LogP contribution in [-0.2, 0) is 13.1 Å². The molecule has 0 spiro atoms. The lowest BCUT2D eigenvalue weighted by molar-refractivity contribution is 0.200. The van der Waals surface area contributed by atoms with Crippen LogP contribution in [0.5, 0.6) is 0 Å². The van der Waals surface area contributed by atoms with Crippen LogP contribution >= 0.6 is 15.9 Å². The van der Waals surface area contributed by atoms with Crippen LogP contribution in [0.15, 0.2) is 77.4 Å². The largest absolute Gasteiger partial charge is 0.345 e. The number of hydrogen-bond donors (Lipinski definition) is 1. The van der Waals surface area contributed by atoms with Crippen LogP contribution in [0.25, 0.3) is 0 Å². The number of halogens is 1. The zero-order valence-corrected chi connectivity index (χ0v) is 17.9. The van der Waals surface area contributed by atoms with Gasteiger partial charge in [-0.05, 0) is 41.8 Å². The quantitative estimate of drug-likeness (QED) is 0.482. The molecule has 0 bridgehead atoms. The van der Waals surface area contributed by atoms with Crippen molar-refractivity contribution in [3.63, 3.8) is 0 Å². The van der Waals surface area contributed by atoms with Gasteiger partial charge >= 0.3 is 6.03 Å². The van der Waals surface area contributed by atoms with Gasteiger partial charge in [0.25, 0.3) is 0 Å². The molecule has 1 N–H and O–H groups in total. The highest BCUT2D eigenvalue weighted by molar-refractivity contribution is 9.10. The number of amides is 2. The SMILES string of the molecule is CC(C)CN(Cc1cccn1Cc1ccccc1)C(=O)Nc1cccc(Br)c1. The van der Waals surface area contributed by atoms with Gasteiger partial charge in [0.2, 0.25) is 0 Å². The minimum atomic E-state index is -0.0840. The lowest BCUT2D eigenvalue weighted by Crippen LogP contribution is -2.37. The van der Waals surface area contributed by atoms with Gasteiger partial charge in [-0.15, -0.1) is 0 Å². The Balaban J connectivity index is 1.74. The Kier molecular flexibility index (Phi) is 6.93. The number of carbonyl (C=O) groups is 1. The molecule has 0 aliphatic heterocycles. The molecular weight excluding hydrogens is 414 g/mol. The number of anilines is 1. The van der Waals surface area contributed by atoms with Crippen LogP contribution in [0.3, 0.4) is 0 Å². The van der Waals surface area contributed by atoms with Gasteiger partial charge in [-0.25, -0.2) is 4.79 Å². The molecule has 4 nitrogen and oxygen atoms in total. The standard InChI is InChI=1S/C23H26BrN3O/c1-18(2)15-27(23(28)25-21-11-6-10-20(24)14-21)17-22-12-7-13-26(22)16-19-8-4-3-5-9-19/h3-14,18H,15-17H2,1-2H3,(H,25,28). The fourth-order valence-corrected chi connectivity index (χ4v) is 3.55. The van der Waals surface area contributed by atoms with Gasteiger partial charge in [0.1, 0.15) is 0 Å². The highest BCUT2D eigenvalue weighted by Crippen LogP contribution is 2.18. The van der Waals surface area contributed by atoms with E-state index < -0.39 is 0 Å². The number of hydrogen-bond acceptors (Lipinski definition) is 1. The summed E-state index contributed by atoms with van der Waals surface area (Å²) in [6.45, 7) is 6.31. The molecule has 3 rings (SSSR count). The van der Waals surface area contributed by atoms with Crippen molar-refractivity contribution < 1.29 is 4.79 Å². The fraction of sp³-hybridized carbons (Fsp3) is 0.261. The van der Waals surface area contributed by atoms with Crippen molar-refractivity contribution >= 4 is 27.6 Å². The van der Waals surface area contributed by atoms with E-state index in [1.807, 2.05) is 41.3 Å². The summed E-state index contributed by atoms with van der Waals surface area (Å²) >= 11 is 3.45. The van der Waals surface area contributed by atoms with Crippen LogP contribution in [0.4, 0.5) is 10.5 Å². The third kappa shape index (κ3) is 5.73. The first kappa shape index (κ1) is 20.2. The molecule has 1 heterocycles. The van der Waals surface area contributed by atoms with E-state index in [9.17, 15) is 4.79 Å². The third-order valence-corrected chi connectivity index (χ3v) is 4.91. The molecule has 0 atom stereocenters. The first-order valence-corrected chi connectivity index (χ1v) is 10.3. The van der Waals surface area contributed by atoms with E-state index >= 15 is 0 Å². The van der Waals surface area contributed by atoms with Gasteiger partial charge in [-0.2, -0.15) is 0 Å². The molecule has 0 saturated heterocycles. The van der Waals surface area contributed by atoms with E-state index in [-0.39, 0.29) is 6.03 Å². The first-order valence-electron chi connectivity index (χ1n) is 9.50. The molecule has 0 aliphatic carbocycles. The number of nitrogens with one attached hydrogen (secondary N) is 1. The highest BCUT2D eigenvalue weighted by Gasteiger charge is 2.17. The predicted molar refractivity (Wildman–Crippen MR) is 118 cm³/mol. The fourth-order valence-electron chi connectivity index (χ4n) is 3.15. The van der Waals surface area contributed by atoms with Crippen LogP contribution < -0.4 is 5.32 Å². The second-order valence-electron chi connectivity index (χ2n) is 7.33. The summed E-state index contributed by atoms with van der Waals surface area (Å²) in [4.78, 5) is 14.8. The van der Waals surface area contributed by atoms with Crippen molar-refractivity contribution in [1.29, 1.82) is 0 Å². The van der Waals surface area contributed by atoms with E-state index in [0.717, 1.165) is 22.4 Å². The van der Waals surface area contributed by atoms with Gasteiger partial charge in [0.05, 0.1) is 6.54 Å². The summed E-state index contributed by atoms with van der Waals surface area (Å²) < 4.78 is 3.15. The molecule has 3 aromatic rings. The Morgan fingerprint density at radius 1 is 1.07 bits per heavy atom. The molecule has 1 aromatic heterocycles. The Morgan fingerprint density at radius 2 is 1.86 bits per heavy atom. The summed E-state index contributed by atoms with van der Waals surface area (Å²) in [5, 5.41) is 3.02. The zero-order valence-electron chi connectivity index (χ0n) is 16.3. The Bertz CT molecular complexity index is 905. The Hall–Kier alpha value is -2.53. The molecule has 0 fully saturated rings. The molecule has 0 saturated carbocycles. The highest BCUT2D eigenvalue weighted by atomic mass is 79.9. The van der Waals surface area contributed by atoms with Crippen molar-refractivity contribution in [3.05, 3.63) is 88.7 Å². The minimum Gasteiger partial charge on any atom is -0.345 e. The van der Waals surface area contributed by atoms with Crippen LogP contribution in [-0.4, -0.2) is 22.0 Å². The van der Waals surface area contributed by atoms with E-state index in [2.05, 4.69) is 76.2 Å². The Labute approximate surface area is 175 Å².